The van der Waals surface area contributed by atoms with Crippen LogP contribution in [0.2, 0.25) is 4.34 Å². The Bertz CT molecular complexity index is 425. The Morgan fingerprint density at radius 3 is 3.00 bits per heavy atom. The van der Waals surface area contributed by atoms with Gasteiger partial charge in [-0.25, -0.2) is 0 Å². The maximum atomic E-state index is 11.7. The van der Waals surface area contributed by atoms with E-state index >= 15 is 0 Å². The topological polar surface area (TPSA) is 49.3 Å². The third-order valence-corrected chi connectivity index (χ3v) is 5.68. The standard InChI is InChI=1S/C13H18ClNO2S2/c14-12-5-4-10(19-12)7-18-8-13(17)15-6-9-2-1-3-11(9)16/h4-5,9,11,16H,1-3,6-8H2,(H,15,17). The third-order valence-electron chi connectivity index (χ3n) is 3.29. The van der Waals surface area contributed by atoms with Crippen LogP contribution in [0.25, 0.3) is 0 Å². The molecular formula is C13H18ClNO2S2. The van der Waals surface area contributed by atoms with Crippen molar-refractivity contribution in [1.82, 2.24) is 5.32 Å². The molecule has 1 aliphatic carbocycles. The Balaban J connectivity index is 1.59. The van der Waals surface area contributed by atoms with Crippen molar-refractivity contribution in [2.75, 3.05) is 12.3 Å². The van der Waals surface area contributed by atoms with Gasteiger partial charge >= 0.3 is 0 Å². The molecule has 2 rings (SSSR count). The van der Waals surface area contributed by atoms with E-state index in [0.29, 0.717) is 12.3 Å². The molecule has 19 heavy (non-hydrogen) atoms. The number of thioether (sulfide) groups is 1. The van der Waals surface area contributed by atoms with E-state index < -0.39 is 0 Å². The summed E-state index contributed by atoms with van der Waals surface area (Å²) in [6.45, 7) is 0.603. The molecule has 1 aromatic rings. The van der Waals surface area contributed by atoms with Crippen LogP contribution >= 0.6 is 34.7 Å². The first-order chi connectivity index (χ1) is 9.15. The van der Waals surface area contributed by atoms with E-state index in [9.17, 15) is 9.90 Å². The number of hydrogen-bond donors (Lipinski definition) is 2. The van der Waals surface area contributed by atoms with Gasteiger partial charge < -0.3 is 10.4 Å². The molecule has 2 N–H and O–H groups in total. The van der Waals surface area contributed by atoms with Gasteiger partial charge in [0, 0.05) is 23.1 Å². The van der Waals surface area contributed by atoms with Gasteiger partial charge in [-0.1, -0.05) is 18.0 Å². The van der Waals surface area contributed by atoms with Gasteiger partial charge in [0.2, 0.25) is 5.91 Å². The first-order valence-corrected chi connectivity index (χ1v) is 8.77. The Morgan fingerprint density at radius 2 is 2.37 bits per heavy atom. The lowest BCUT2D eigenvalue weighted by molar-refractivity contribution is -0.118. The summed E-state index contributed by atoms with van der Waals surface area (Å²) in [6, 6.07) is 3.87. The molecule has 0 radical (unpaired) electrons. The zero-order valence-corrected chi connectivity index (χ0v) is 13.0. The van der Waals surface area contributed by atoms with Gasteiger partial charge in [0.25, 0.3) is 0 Å². The average molecular weight is 320 g/mol. The van der Waals surface area contributed by atoms with Crippen molar-refractivity contribution >= 4 is 40.6 Å². The second-order valence-electron chi connectivity index (χ2n) is 4.76. The molecule has 1 fully saturated rings. The van der Waals surface area contributed by atoms with E-state index in [0.717, 1.165) is 29.4 Å². The van der Waals surface area contributed by atoms with Crippen LogP contribution in [-0.2, 0) is 10.5 Å². The number of carbonyl (C=O) groups is 1. The van der Waals surface area contributed by atoms with Crippen LogP contribution in [0.5, 0.6) is 0 Å². The predicted molar refractivity (Wildman–Crippen MR) is 81.8 cm³/mol. The van der Waals surface area contributed by atoms with Crippen molar-refractivity contribution in [3.05, 3.63) is 21.3 Å². The normalized spacial score (nSPS) is 22.6. The monoisotopic (exact) mass is 319 g/mol. The van der Waals surface area contributed by atoms with Gasteiger partial charge in [0.1, 0.15) is 0 Å². The van der Waals surface area contributed by atoms with Gasteiger partial charge in [-0.05, 0) is 25.0 Å². The summed E-state index contributed by atoms with van der Waals surface area (Å²) in [5.74, 6) is 1.56. The fourth-order valence-electron chi connectivity index (χ4n) is 2.22. The number of halogens is 1. The molecule has 1 aromatic heterocycles. The van der Waals surface area contributed by atoms with Gasteiger partial charge in [-0.3, -0.25) is 4.79 Å². The first-order valence-electron chi connectivity index (χ1n) is 6.42. The number of amides is 1. The van der Waals surface area contributed by atoms with Gasteiger partial charge in [-0.15, -0.1) is 23.1 Å². The van der Waals surface area contributed by atoms with Crippen molar-refractivity contribution in [2.45, 2.75) is 31.1 Å². The average Bonchev–Trinajstić information content (AvgIpc) is 2.96. The Labute approximate surface area is 126 Å². The van der Waals surface area contributed by atoms with Gasteiger partial charge in [0.05, 0.1) is 16.2 Å². The molecule has 3 nitrogen and oxygen atoms in total. The SMILES string of the molecule is O=C(CSCc1ccc(Cl)s1)NCC1CCCC1O. The summed E-state index contributed by atoms with van der Waals surface area (Å²) in [7, 11) is 0. The lowest BCUT2D eigenvalue weighted by Gasteiger charge is -2.14. The third kappa shape index (κ3) is 4.99. The molecule has 0 bridgehead atoms. The molecule has 1 saturated carbocycles. The van der Waals surface area contributed by atoms with Gasteiger partial charge in [-0.2, -0.15) is 0 Å². The summed E-state index contributed by atoms with van der Waals surface area (Å²) >= 11 is 8.99. The molecule has 0 saturated heterocycles. The maximum absolute atomic E-state index is 11.7. The minimum Gasteiger partial charge on any atom is -0.393 e. The van der Waals surface area contributed by atoms with E-state index in [2.05, 4.69) is 5.32 Å². The highest BCUT2D eigenvalue weighted by Gasteiger charge is 2.25. The maximum Gasteiger partial charge on any atom is 0.230 e. The largest absolute Gasteiger partial charge is 0.393 e. The minimum absolute atomic E-state index is 0.0479. The first kappa shape index (κ1) is 15.2. The second-order valence-corrected chi connectivity index (χ2v) is 7.55. The zero-order chi connectivity index (χ0) is 13.7. The summed E-state index contributed by atoms with van der Waals surface area (Å²) in [5.41, 5.74) is 0. The lowest BCUT2D eigenvalue weighted by atomic mass is 10.1. The quantitative estimate of drug-likeness (QED) is 0.847. The highest BCUT2D eigenvalue weighted by Crippen LogP contribution is 2.26. The van der Waals surface area contributed by atoms with E-state index in [1.54, 1.807) is 23.1 Å². The highest BCUT2D eigenvalue weighted by molar-refractivity contribution is 7.99. The Kier molecular flexibility index (Phi) is 6.01. The van der Waals surface area contributed by atoms with Crippen LogP contribution in [-0.4, -0.2) is 29.4 Å². The van der Waals surface area contributed by atoms with Crippen LogP contribution in [0, 0.1) is 5.92 Å². The van der Waals surface area contributed by atoms with Crippen molar-refractivity contribution in [3.63, 3.8) is 0 Å². The molecule has 0 aliphatic heterocycles. The molecule has 2 unspecified atom stereocenters. The Morgan fingerprint density at radius 1 is 1.53 bits per heavy atom. The Hall–Kier alpha value is -0.230. The second kappa shape index (κ2) is 7.53. The van der Waals surface area contributed by atoms with Gasteiger partial charge in [0.15, 0.2) is 0 Å². The van der Waals surface area contributed by atoms with Crippen LogP contribution in [0.1, 0.15) is 24.1 Å². The van der Waals surface area contributed by atoms with E-state index in [-0.39, 0.29) is 17.9 Å². The predicted octanol–water partition coefficient (Wildman–Crippen LogP) is 2.91. The van der Waals surface area contributed by atoms with Crippen molar-refractivity contribution in [2.24, 2.45) is 5.92 Å². The fraction of sp³-hybridized carbons (Fsp3) is 0.615. The smallest absolute Gasteiger partial charge is 0.230 e. The molecular weight excluding hydrogens is 302 g/mol. The lowest BCUT2D eigenvalue weighted by Crippen LogP contribution is -2.33. The number of hydrogen-bond acceptors (Lipinski definition) is 4. The number of aliphatic hydroxyl groups is 1. The van der Waals surface area contributed by atoms with E-state index in [1.807, 2.05) is 12.1 Å². The van der Waals surface area contributed by atoms with Crippen LogP contribution < -0.4 is 5.32 Å². The molecule has 0 spiro atoms. The van der Waals surface area contributed by atoms with Crippen molar-refractivity contribution < 1.29 is 9.90 Å². The van der Waals surface area contributed by atoms with E-state index in [1.165, 1.54) is 4.88 Å². The molecule has 2 atom stereocenters. The molecule has 1 amide bonds. The zero-order valence-electron chi connectivity index (χ0n) is 10.6. The number of thiophene rings is 1. The minimum atomic E-state index is -0.235. The fourth-order valence-corrected chi connectivity index (χ4v) is 4.28. The molecule has 6 heteroatoms. The van der Waals surface area contributed by atoms with E-state index in [4.69, 9.17) is 11.6 Å². The molecule has 106 valence electrons. The van der Waals surface area contributed by atoms with Crippen molar-refractivity contribution in [3.8, 4) is 0 Å². The number of nitrogens with one attached hydrogen (secondary N) is 1. The van der Waals surface area contributed by atoms with Crippen LogP contribution in [0.4, 0.5) is 0 Å². The number of rotatable bonds is 6. The van der Waals surface area contributed by atoms with Crippen molar-refractivity contribution in [1.29, 1.82) is 0 Å². The summed E-state index contributed by atoms with van der Waals surface area (Å²) < 4.78 is 0.787. The van der Waals surface area contributed by atoms with Crippen LogP contribution in [0.3, 0.4) is 0 Å². The summed E-state index contributed by atoms with van der Waals surface area (Å²) in [4.78, 5) is 12.9. The van der Waals surface area contributed by atoms with Crippen LogP contribution in [0.15, 0.2) is 12.1 Å². The highest BCUT2D eigenvalue weighted by atomic mass is 35.5. The number of aliphatic hydroxyl groups excluding tert-OH is 1. The summed E-state index contributed by atoms with van der Waals surface area (Å²) in [5, 5.41) is 12.6. The summed E-state index contributed by atoms with van der Waals surface area (Å²) in [6.07, 6.45) is 2.72. The number of carbonyl (C=O) groups excluding carboxylic acids is 1. The molecule has 1 heterocycles. The molecule has 0 aromatic carbocycles. The molecule has 1 aliphatic rings.